The maximum atomic E-state index is 11.6. The molecule has 2 aromatic carbocycles. The molecule has 0 saturated heterocycles. The zero-order valence-corrected chi connectivity index (χ0v) is 21.2. The Balaban J connectivity index is 1.98. The smallest absolute Gasteiger partial charge is 0.335 e. The summed E-state index contributed by atoms with van der Waals surface area (Å²) in [6, 6.07) is 11.9. The van der Waals surface area contributed by atoms with E-state index >= 15 is 0 Å². The number of unbranched alkanes of at least 4 members (excludes halogenated alkanes) is 1. The number of rotatable bonds is 8. The molecule has 1 heterocycles. The zero-order valence-electron chi connectivity index (χ0n) is 21.2. The van der Waals surface area contributed by atoms with Gasteiger partial charge in [0.05, 0.1) is 11.1 Å². The van der Waals surface area contributed by atoms with Crippen molar-refractivity contribution in [2.24, 2.45) is 11.7 Å². The van der Waals surface area contributed by atoms with Gasteiger partial charge in [0.2, 0.25) is 0 Å². The Morgan fingerprint density at radius 1 is 1.11 bits per heavy atom. The minimum absolute atomic E-state index is 0.0941. The topological polar surface area (TPSA) is 92.1 Å². The second-order valence-corrected chi connectivity index (χ2v) is 9.91. The van der Waals surface area contributed by atoms with E-state index in [-0.39, 0.29) is 5.84 Å². The van der Waals surface area contributed by atoms with Crippen LogP contribution < -0.4 is 5.73 Å². The number of aromatic nitrogens is 1. The fourth-order valence-electron chi connectivity index (χ4n) is 5.75. The molecule has 4 N–H and O–H groups in total. The Hall–Kier alpha value is -3.34. The van der Waals surface area contributed by atoms with Gasteiger partial charge in [-0.3, -0.25) is 5.41 Å². The number of nitrogens with one attached hydrogen (secondary N) is 1. The molecule has 5 heteroatoms. The van der Waals surface area contributed by atoms with Crippen LogP contribution in [0.4, 0.5) is 0 Å². The standard InChI is InChI=1S/C30H37N3O2/c1-4-5-16-33-18-26(29(31)32)25-13-9-12-24(28(25)33)20(3)27(21-10-7-6-8-11-21)23-15-14-22(30(34)35)17-19(23)2/h9,12-15,17-18,21H,4-8,10-11,16H2,1-3H3,(H3,31,32)(H,34,35)/b27-20+. The average Bonchev–Trinajstić information content (AvgIpc) is 3.23. The van der Waals surface area contributed by atoms with Gasteiger partial charge in [0, 0.05) is 29.3 Å². The van der Waals surface area contributed by atoms with Crippen molar-refractivity contribution < 1.29 is 9.90 Å². The highest BCUT2D eigenvalue weighted by atomic mass is 16.4. The van der Waals surface area contributed by atoms with Crippen molar-refractivity contribution in [3.8, 4) is 0 Å². The number of carbonyl (C=O) groups is 1. The zero-order chi connectivity index (χ0) is 25.1. The first-order valence-electron chi connectivity index (χ1n) is 12.8. The van der Waals surface area contributed by atoms with Crippen molar-refractivity contribution in [3.63, 3.8) is 0 Å². The lowest BCUT2D eigenvalue weighted by Crippen LogP contribution is -2.12. The van der Waals surface area contributed by atoms with Crippen molar-refractivity contribution in [1.82, 2.24) is 4.57 Å². The second kappa shape index (κ2) is 10.5. The SMILES string of the molecule is CCCCn1cc(C(=N)N)c2cccc(/C(C)=C(/c3ccc(C(=O)O)cc3C)C3CCCCC3)c21. The molecule has 0 radical (unpaired) electrons. The van der Waals surface area contributed by atoms with Crippen molar-refractivity contribution in [2.75, 3.05) is 0 Å². The van der Waals surface area contributed by atoms with Gasteiger partial charge in [-0.2, -0.15) is 0 Å². The van der Waals surface area contributed by atoms with Crippen LogP contribution in [-0.4, -0.2) is 21.5 Å². The summed E-state index contributed by atoms with van der Waals surface area (Å²) in [5.41, 5.74) is 14.1. The van der Waals surface area contributed by atoms with Crippen LogP contribution >= 0.6 is 0 Å². The minimum Gasteiger partial charge on any atom is -0.478 e. The molecule has 1 aliphatic carbocycles. The van der Waals surface area contributed by atoms with Crippen LogP contribution in [0.15, 0.2) is 42.6 Å². The molecule has 0 aliphatic heterocycles. The van der Waals surface area contributed by atoms with E-state index in [1.165, 1.54) is 36.0 Å². The van der Waals surface area contributed by atoms with Gasteiger partial charge >= 0.3 is 5.97 Å². The lowest BCUT2D eigenvalue weighted by atomic mass is 9.76. The van der Waals surface area contributed by atoms with E-state index < -0.39 is 5.97 Å². The fourth-order valence-corrected chi connectivity index (χ4v) is 5.75. The lowest BCUT2D eigenvalue weighted by Gasteiger charge is -2.28. The van der Waals surface area contributed by atoms with E-state index in [1.54, 1.807) is 12.1 Å². The number of benzene rings is 2. The predicted molar refractivity (Wildman–Crippen MR) is 145 cm³/mol. The Morgan fingerprint density at radius 3 is 2.49 bits per heavy atom. The fraction of sp³-hybridized carbons (Fsp3) is 0.400. The van der Waals surface area contributed by atoms with E-state index in [9.17, 15) is 9.90 Å². The van der Waals surface area contributed by atoms with Gasteiger partial charge in [-0.05, 0) is 73.4 Å². The summed E-state index contributed by atoms with van der Waals surface area (Å²) >= 11 is 0. The highest BCUT2D eigenvalue weighted by molar-refractivity contribution is 6.11. The number of amidine groups is 1. The number of fused-ring (bicyclic) bond motifs is 1. The Kier molecular flexibility index (Phi) is 7.44. The molecule has 3 aromatic rings. The number of aromatic carboxylic acids is 1. The van der Waals surface area contributed by atoms with Gasteiger partial charge in [-0.1, -0.05) is 56.9 Å². The van der Waals surface area contributed by atoms with Crippen LogP contribution in [0.1, 0.15) is 91.4 Å². The normalized spacial score (nSPS) is 15.3. The number of carboxylic acids is 1. The number of carboxylic acid groups (broad SMARTS) is 1. The van der Waals surface area contributed by atoms with Gasteiger partial charge in [0.25, 0.3) is 0 Å². The van der Waals surface area contributed by atoms with E-state index in [1.807, 2.05) is 19.2 Å². The molecule has 0 atom stereocenters. The van der Waals surface area contributed by atoms with Crippen LogP contribution in [0.2, 0.25) is 0 Å². The van der Waals surface area contributed by atoms with Crippen LogP contribution in [0.5, 0.6) is 0 Å². The van der Waals surface area contributed by atoms with Crippen LogP contribution in [0.3, 0.4) is 0 Å². The van der Waals surface area contributed by atoms with Gasteiger partial charge in [-0.15, -0.1) is 0 Å². The number of nitrogen functional groups attached to an aromatic ring is 1. The van der Waals surface area contributed by atoms with E-state index in [0.29, 0.717) is 11.5 Å². The lowest BCUT2D eigenvalue weighted by molar-refractivity contribution is 0.0696. The summed E-state index contributed by atoms with van der Waals surface area (Å²) in [5.74, 6) is -0.355. The van der Waals surface area contributed by atoms with E-state index in [0.717, 1.165) is 59.8 Å². The number of nitrogens with zero attached hydrogens (tertiary/aromatic N) is 1. The molecule has 4 rings (SSSR count). The number of allylic oxidation sites excluding steroid dienone is 2. The summed E-state index contributed by atoms with van der Waals surface area (Å²) in [6.07, 6.45) is 10.2. The molecular weight excluding hydrogens is 434 g/mol. The highest BCUT2D eigenvalue weighted by Crippen LogP contribution is 2.43. The number of hydrogen-bond acceptors (Lipinski definition) is 2. The van der Waals surface area contributed by atoms with Crippen LogP contribution in [0, 0.1) is 18.3 Å². The van der Waals surface area contributed by atoms with E-state index in [2.05, 4.69) is 36.6 Å². The molecule has 184 valence electrons. The molecule has 1 aliphatic rings. The minimum atomic E-state index is -0.894. The van der Waals surface area contributed by atoms with Crippen LogP contribution in [-0.2, 0) is 6.54 Å². The number of aryl methyl sites for hydroxylation is 2. The summed E-state index contributed by atoms with van der Waals surface area (Å²) in [5, 5.41) is 18.7. The van der Waals surface area contributed by atoms with Crippen molar-refractivity contribution in [3.05, 3.63) is 70.4 Å². The molecule has 0 amide bonds. The third-order valence-electron chi connectivity index (χ3n) is 7.53. The Bertz CT molecular complexity index is 1290. The molecule has 1 fully saturated rings. The van der Waals surface area contributed by atoms with Gasteiger partial charge in [-0.25, -0.2) is 4.79 Å². The van der Waals surface area contributed by atoms with Crippen molar-refractivity contribution >= 4 is 33.9 Å². The highest BCUT2D eigenvalue weighted by Gasteiger charge is 2.25. The molecule has 0 unspecified atom stereocenters. The van der Waals surface area contributed by atoms with Gasteiger partial charge < -0.3 is 15.4 Å². The predicted octanol–water partition coefficient (Wildman–Crippen LogP) is 7.24. The van der Waals surface area contributed by atoms with Crippen molar-refractivity contribution in [1.29, 1.82) is 5.41 Å². The first-order valence-corrected chi connectivity index (χ1v) is 12.8. The molecule has 35 heavy (non-hydrogen) atoms. The quantitative estimate of drug-likeness (QED) is 0.184. The van der Waals surface area contributed by atoms with Gasteiger partial charge in [0.1, 0.15) is 5.84 Å². The summed E-state index contributed by atoms with van der Waals surface area (Å²) in [6.45, 7) is 7.31. The largest absolute Gasteiger partial charge is 0.478 e. The molecule has 5 nitrogen and oxygen atoms in total. The number of para-hydroxylation sites is 1. The molecule has 0 spiro atoms. The number of hydrogen-bond donors (Lipinski definition) is 3. The maximum Gasteiger partial charge on any atom is 0.335 e. The third-order valence-corrected chi connectivity index (χ3v) is 7.53. The second-order valence-electron chi connectivity index (χ2n) is 9.91. The monoisotopic (exact) mass is 471 g/mol. The molecule has 1 saturated carbocycles. The van der Waals surface area contributed by atoms with Crippen molar-refractivity contribution in [2.45, 2.75) is 72.3 Å². The maximum absolute atomic E-state index is 11.6. The summed E-state index contributed by atoms with van der Waals surface area (Å²) in [4.78, 5) is 11.6. The molecular formula is C30H37N3O2. The average molecular weight is 472 g/mol. The molecule has 0 bridgehead atoms. The summed E-state index contributed by atoms with van der Waals surface area (Å²) in [7, 11) is 0. The number of nitrogens with two attached hydrogens (primary N) is 1. The third kappa shape index (κ3) is 4.90. The van der Waals surface area contributed by atoms with Gasteiger partial charge in [0.15, 0.2) is 0 Å². The molecule has 1 aromatic heterocycles. The Labute approximate surface area is 208 Å². The van der Waals surface area contributed by atoms with E-state index in [4.69, 9.17) is 11.1 Å². The first kappa shape index (κ1) is 24.8. The first-order chi connectivity index (χ1) is 16.8. The Morgan fingerprint density at radius 2 is 1.86 bits per heavy atom. The van der Waals surface area contributed by atoms with Crippen LogP contribution in [0.25, 0.3) is 22.0 Å². The summed E-state index contributed by atoms with van der Waals surface area (Å²) < 4.78 is 2.27.